The zero-order valence-electron chi connectivity index (χ0n) is 19.5. The molecule has 8 heteroatoms. The zero-order chi connectivity index (χ0) is 24.6. The lowest BCUT2D eigenvalue weighted by molar-refractivity contribution is 0.0523. The van der Waals surface area contributed by atoms with Gasteiger partial charge in [-0.1, -0.05) is 0 Å². The maximum atomic E-state index is 12.5. The van der Waals surface area contributed by atoms with E-state index in [2.05, 4.69) is 19.9 Å². The third kappa shape index (κ3) is 5.50. The first-order valence-electron chi connectivity index (χ1n) is 11.1. The highest BCUT2D eigenvalue weighted by atomic mass is 16.5. The summed E-state index contributed by atoms with van der Waals surface area (Å²) in [6.07, 6.45) is 6.81. The van der Waals surface area contributed by atoms with Crippen LogP contribution in [0.5, 0.6) is 5.75 Å². The van der Waals surface area contributed by atoms with Gasteiger partial charge in [0.2, 0.25) is 0 Å². The first kappa shape index (κ1) is 23.6. The Kier molecular flexibility index (Phi) is 7.42. The third-order valence-corrected chi connectivity index (χ3v) is 5.24. The minimum Gasteiger partial charge on any atom is -0.487 e. The molecule has 0 aliphatic carbocycles. The van der Waals surface area contributed by atoms with Gasteiger partial charge in [0.05, 0.1) is 28.9 Å². The molecule has 3 aromatic heterocycles. The number of hydrogen-bond acceptors (Lipinski definition) is 8. The van der Waals surface area contributed by atoms with Crippen molar-refractivity contribution in [2.24, 2.45) is 10.7 Å². The summed E-state index contributed by atoms with van der Waals surface area (Å²) in [6.45, 7) is 2.11. The van der Waals surface area contributed by atoms with Gasteiger partial charge in [0.25, 0.3) is 0 Å². The van der Waals surface area contributed by atoms with E-state index in [-0.39, 0.29) is 13.2 Å². The highest BCUT2D eigenvalue weighted by molar-refractivity contribution is 6.18. The van der Waals surface area contributed by atoms with Crippen molar-refractivity contribution in [2.45, 2.75) is 13.5 Å². The van der Waals surface area contributed by atoms with Gasteiger partial charge in [-0.2, -0.15) is 0 Å². The van der Waals surface area contributed by atoms with Crippen LogP contribution in [0.25, 0.3) is 22.3 Å². The minimum absolute atomic E-state index is 0.0917. The fraction of sp³-hybridized carbons (Fsp3) is 0.148. The van der Waals surface area contributed by atoms with E-state index in [4.69, 9.17) is 15.2 Å². The molecule has 0 aliphatic heterocycles. The largest absolute Gasteiger partial charge is 0.487 e. The number of ether oxygens (including phenoxy) is 2. The lowest BCUT2D eigenvalue weighted by Crippen LogP contribution is -2.12. The molecular formula is C27H25N5O3. The van der Waals surface area contributed by atoms with Crippen LogP contribution in [0.1, 0.15) is 34.1 Å². The molecule has 1 aromatic carbocycles. The van der Waals surface area contributed by atoms with Gasteiger partial charge in [-0.3, -0.25) is 15.0 Å². The molecule has 35 heavy (non-hydrogen) atoms. The lowest BCUT2D eigenvalue weighted by atomic mass is 10.0. The van der Waals surface area contributed by atoms with Crippen LogP contribution in [0.4, 0.5) is 0 Å². The number of aliphatic imine (C=N–C) groups is 1. The molecule has 0 saturated carbocycles. The first-order chi connectivity index (χ1) is 17.1. The summed E-state index contributed by atoms with van der Waals surface area (Å²) < 4.78 is 11.1. The topological polar surface area (TPSA) is 113 Å². The Hall–Kier alpha value is -4.59. The Labute approximate surface area is 203 Å². The van der Waals surface area contributed by atoms with Crippen molar-refractivity contribution in [3.63, 3.8) is 0 Å². The van der Waals surface area contributed by atoms with Crippen LogP contribution in [-0.4, -0.2) is 40.8 Å². The Morgan fingerprint density at radius 1 is 1.03 bits per heavy atom. The van der Waals surface area contributed by atoms with Gasteiger partial charge in [0.15, 0.2) is 0 Å². The molecule has 4 aromatic rings. The maximum absolute atomic E-state index is 12.5. The average Bonchev–Trinajstić information content (AvgIpc) is 2.90. The number of hydrogen-bond donors (Lipinski definition) is 1. The molecule has 0 bridgehead atoms. The molecule has 0 atom stereocenters. The second-order valence-corrected chi connectivity index (χ2v) is 7.51. The van der Waals surface area contributed by atoms with Gasteiger partial charge in [0.1, 0.15) is 12.4 Å². The number of rotatable bonds is 8. The van der Waals surface area contributed by atoms with Crippen LogP contribution >= 0.6 is 0 Å². The molecule has 0 radical (unpaired) electrons. The van der Waals surface area contributed by atoms with Gasteiger partial charge >= 0.3 is 5.97 Å². The number of fused-ring (bicyclic) bond motifs is 1. The molecule has 0 unspecified atom stereocenters. The Balaban J connectivity index is 1.58. The predicted octanol–water partition coefficient (Wildman–Crippen LogP) is 4.31. The molecule has 0 saturated heterocycles. The first-order valence-corrected chi connectivity index (χ1v) is 11.1. The average molecular weight is 468 g/mol. The number of esters is 1. The second kappa shape index (κ2) is 11.0. The number of carbonyl (C=O) groups is 1. The SMILES string of the molecule is CCOC(=O)c1cc2ncccc2nc1COc1ccc(C(N)=C(C=NC)c2ccncc2)cc1. The van der Waals surface area contributed by atoms with E-state index in [1.54, 1.807) is 50.9 Å². The van der Waals surface area contributed by atoms with Crippen LogP contribution < -0.4 is 10.5 Å². The van der Waals surface area contributed by atoms with Crippen molar-refractivity contribution >= 4 is 34.5 Å². The van der Waals surface area contributed by atoms with Crippen molar-refractivity contribution in [1.29, 1.82) is 0 Å². The molecule has 0 amide bonds. The van der Waals surface area contributed by atoms with Crippen LogP contribution in [0, 0.1) is 0 Å². The summed E-state index contributed by atoms with van der Waals surface area (Å²) >= 11 is 0. The van der Waals surface area contributed by atoms with Gasteiger partial charge in [-0.05, 0) is 72.6 Å². The van der Waals surface area contributed by atoms with Crippen molar-refractivity contribution in [3.8, 4) is 5.75 Å². The number of pyridine rings is 3. The van der Waals surface area contributed by atoms with E-state index in [0.29, 0.717) is 33.7 Å². The van der Waals surface area contributed by atoms with Gasteiger partial charge in [-0.15, -0.1) is 0 Å². The zero-order valence-corrected chi connectivity index (χ0v) is 19.5. The quantitative estimate of drug-likeness (QED) is 0.303. The molecule has 0 spiro atoms. The van der Waals surface area contributed by atoms with E-state index in [9.17, 15) is 4.79 Å². The summed E-state index contributed by atoms with van der Waals surface area (Å²) in [4.78, 5) is 29.6. The van der Waals surface area contributed by atoms with E-state index < -0.39 is 5.97 Å². The predicted molar refractivity (Wildman–Crippen MR) is 136 cm³/mol. The number of nitrogens with two attached hydrogens (primary N) is 1. The van der Waals surface area contributed by atoms with E-state index >= 15 is 0 Å². The highest BCUT2D eigenvalue weighted by Gasteiger charge is 2.17. The Bertz CT molecular complexity index is 1380. The molecular weight excluding hydrogens is 442 g/mol. The van der Waals surface area contributed by atoms with Crippen LogP contribution in [0.2, 0.25) is 0 Å². The van der Waals surface area contributed by atoms with Crippen molar-refractivity contribution in [2.75, 3.05) is 13.7 Å². The van der Waals surface area contributed by atoms with E-state index in [1.807, 2.05) is 42.5 Å². The van der Waals surface area contributed by atoms with Crippen molar-refractivity contribution in [3.05, 3.63) is 95.6 Å². The van der Waals surface area contributed by atoms with Gasteiger partial charge in [-0.25, -0.2) is 9.78 Å². The van der Waals surface area contributed by atoms with E-state index in [0.717, 1.165) is 16.7 Å². The minimum atomic E-state index is -0.458. The van der Waals surface area contributed by atoms with Gasteiger partial charge < -0.3 is 15.2 Å². The summed E-state index contributed by atoms with van der Waals surface area (Å²) in [7, 11) is 1.70. The fourth-order valence-electron chi connectivity index (χ4n) is 3.53. The number of carbonyl (C=O) groups excluding carboxylic acids is 1. The molecule has 4 rings (SSSR count). The molecule has 0 aliphatic rings. The second-order valence-electron chi connectivity index (χ2n) is 7.51. The molecule has 2 N–H and O–H groups in total. The fourth-order valence-corrected chi connectivity index (χ4v) is 3.53. The van der Waals surface area contributed by atoms with Crippen molar-refractivity contribution in [1.82, 2.24) is 15.0 Å². The maximum Gasteiger partial charge on any atom is 0.340 e. The van der Waals surface area contributed by atoms with Crippen LogP contribution in [0.15, 0.2) is 78.2 Å². The molecule has 0 fully saturated rings. The summed E-state index contributed by atoms with van der Waals surface area (Å²) in [5.74, 6) is 0.153. The van der Waals surface area contributed by atoms with Crippen molar-refractivity contribution < 1.29 is 14.3 Å². The summed E-state index contributed by atoms with van der Waals surface area (Å²) in [5.41, 5.74) is 11.7. The van der Waals surface area contributed by atoms with E-state index in [1.165, 1.54) is 0 Å². The molecule has 8 nitrogen and oxygen atoms in total. The molecule has 3 heterocycles. The number of aromatic nitrogens is 3. The van der Waals surface area contributed by atoms with Gasteiger partial charge in [0, 0.05) is 43.1 Å². The number of benzene rings is 1. The highest BCUT2D eigenvalue weighted by Crippen LogP contribution is 2.24. The van der Waals surface area contributed by atoms with Crippen LogP contribution in [0.3, 0.4) is 0 Å². The monoisotopic (exact) mass is 467 g/mol. The normalized spacial score (nSPS) is 11.9. The summed E-state index contributed by atoms with van der Waals surface area (Å²) in [6, 6.07) is 16.5. The number of nitrogens with zero attached hydrogens (tertiary/aromatic N) is 4. The number of allylic oxidation sites excluding steroid dienone is 1. The molecule has 176 valence electrons. The third-order valence-electron chi connectivity index (χ3n) is 5.24. The summed E-state index contributed by atoms with van der Waals surface area (Å²) in [5, 5.41) is 0. The smallest absolute Gasteiger partial charge is 0.340 e. The Morgan fingerprint density at radius 2 is 1.80 bits per heavy atom. The Morgan fingerprint density at radius 3 is 2.51 bits per heavy atom. The lowest BCUT2D eigenvalue weighted by Gasteiger charge is -2.12. The van der Waals surface area contributed by atoms with Crippen LogP contribution in [-0.2, 0) is 11.3 Å². The standard InChI is InChI=1S/C27H25N5O3/c1-3-34-27(33)21-15-24-23(5-4-12-31-24)32-25(21)17-35-20-8-6-19(7-9-20)26(28)22(16-29-2)18-10-13-30-14-11-18/h4-16H,3,17,28H2,1-2H3.